The third kappa shape index (κ3) is 3.50. The molecule has 0 aromatic heterocycles. The molecule has 1 aliphatic rings. The molecule has 0 fully saturated rings. The van der Waals surface area contributed by atoms with Crippen LogP contribution in [0.1, 0.15) is 13.8 Å². The van der Waals surface area contributed by atoms with Crippen molar-refractivity contribution in [3.63, 3.8) is 0 Å². The Kier molecular flexibility index (Phi) is 4.85. The molecule has 102 valence electrons. The molecule has 0 N–H and O–H groups in total. The maximum atomic E-state index is 12.3. The summed E-state index contributed by atoms with van der Waals surface area (Å²) in [6, 6.07) is 9.40. The summed E-state index contributed by atoms with van der Waals surface area (Å²) in [5, 5.41) is 0.816. The van der Waals surface area contributed by atoms with E-state index in [0.717, 1.165) is 10.9 Å². The third-order valence-electron chi connectivity index (χ3n) is 2.74. The van der Waals surface area contributed by atoms with Crippen molar-refractivity contribution in [1.29, 1.82) is 0 Å². The number of aliphatic imine (C=N–C) groups is 1. The second-order valence-electron chi connectivity index (χ2n) is 4.16. The number of rotatable bonds is 4. The molecule has 19 heavy (non-hydrogen) atoms. The van der Waals surface area contributed by atoms with Crippen molar-refractivity contribution in [3.8, 4) is 5.75 Å². The van der Waals surface area contributed by atoms with Gasteiger partial charge in [-0.05, 0) is 24.8 Å². The molecule has 0 unspecified atom stereocenters. The highest BCUT2D eigenvalue weighted by Gasteiger charge is 2.28. The number of benzene rings is 1. The highest BCUT2D eigenvalue weighted by molar-refractivity contribution is 8.13. The lowest BCUT2D eigenvalue weighted by molar-refractivity contribution is -0.133. The first-order valence-corrected chi connectivity index (χ1v) is 7.41. The summed E-state index contributed by atoms with van der Waals surface area (Å²) in [6.45, 7) is 5.18. The van der Waals surface area contributed by atoms with E-state index in [4.69, 9.17) is 4.74 Å². The molecule has 1 aliphatic heterocycles. The van der Waals surface area contributed by atoms with E-state index < -0.39 is 6.10 Å². The fraction of sp³-hybridized carbons (Fsp3) is 0.429. The fourth-order valence-electron chi connectivity index (χ4n) is 1.86. The summed E-state index contributed by atoms with van der Waals surface area (Å²) < 4.78 is 5.66. The summed E-state index contributed by atoms with van der Waals surface area (Å²) in [5.74, 6) is 1.60. The van der Waals surface area contributed by atoms with E-state index in [2.05, 4.69) is 11.9 Å². The van der Waals surface area contributed by atoms with Gasteiger partial charge in [-0.15, -0.1) is 0 Å². The molecule has 1 aromatic rings. The average Bonchev–Trinajstić information content (AvgIpc) is 2.87. The predicted octanol–water partition coefficient (Wildman–Crippen LogP) is 2.41. The van der Waals surface area contributed by atoms with Crippen LogP contribution < -0.4 is 4.74 Å². The maximum Gasteiger partial charge on any atom is 0.269 e. The first-order chi connectivity index (χ1) is 9.22. The average molecular weight is 278 g/mol. The molecule has 1 atom stereocenters. The number of ether oxygens (including phenoxy) is 1. The largest absolute Gasteiger partial charge is 0.481 e. The number of hydrogen-bond acceptors (Lipinski definition) is 4. The third-order valence-corrected chi connectivity index (χ3v) is 3.64. The highest BCUT2D eigenvalue weighted by atomic mass is 32.2. The Morgan fingerprint density at radius 1 is 1.47 bits per heavy atom. The number of carbonyl (C=O) groups is 1. The minimum atomic E-state index is -0.497. The Balaban J connectivity index is 1.98. The second kappa shape index (κ2) is 6.61. The summed E-state index contributed by atoms with van der Waals surface area (Å²) in [5.41, 5.74) is 0. The SMILES string of the molecule is CCSC1=NCCN1C(=O)[C@@H](C)Oc1ccccc1. The Morgan fingerprint density at radius 2 is 2.21 bits per heavy atom. The van der Waals surface area contributed by atoms with Crippen molar-refractivity contribution in [3.05, 3.63) is 30.3 Å². The van der Waals surface area contributed by atoms with Crippen molar-refractivity contribution in [2.45, 2.75) is 20.0 Å². The van der Waals surface area contributed by atoms with Gasteiger partial charge in [0, 0.05) is 6.54 Å². The van der Waals surface area contributed by atoms with Gasteiger partial charge < -0.3 is 4.74 Å². The number of thioether (sulfide) groups is 1. The number of amidine groups is 1. The molecule has 1 aromatic carbocycles. The Morgan fingerprint density at radius 3 is 2.89 bits per heavy atom. The van der Waals surface area contributed by atoms with E-state index in [9.17, 15) is 4.79 Å². The van der Waals surface area contributed by atoms with Crippen molar-refractivity contribution in [2.75, 3.05) is 18.8 Å². The molecule has 4 nitrogen and oxygen atoms in total. The zero-order chi connectivity index (χ0) is 13.7. The van der Waals surface area contributed by atoms with Gasteiger partial charge in [0.15, 0.2) is 11.3 Å². The van der Waals surface area contributed by atoms with Crippen LogP contribution in [0, 0.1) is 0 Å². The molecule has 0 saturated heterocycles. The Labute approximate surface area is 117 Å². The molecule has 0 radical (unpaired) electrons. The Bertz CT molecular complexity index is 462. The Hall–Kier alpha value is -1.49. The lowest BCUT2D eigenvalue weighted by Gasteiger charge is -2.22. The first-order valence-electron chi connectivity index (χ1n) is 6.42. The van der Waals surface area contributed by atoms with Gasteiger partial charge in [-0.3, -0.25) is 14.7 Å². The quantitative estimate of drug-likeness (QED) is 0.849. The van der Waals surface area contributed by atoms with Crippen LogP contribution in [0.25, 0.3) is 0 Å². The van der Waals surface area contributed by atoms with Crippen LogP contribution in [-0.4, -0.2) is 40.9 Å². The number of carbonyl (C=O) groups excluding carboxylic acids is 1. The molecule has 1 amide bonds. The summed E-state index contributed by atoms with van der Waals surface area (Å²) >= 11 is 1.60. The number of para-hydroxylation sites is 1. The van der Waals surface area contributed by atoms with Gasteiger partial charge in [-0.1, -0.05) is 36.9 Å². The van der Waals surface area contributed by atoms with Gasteiger partial charge in [0.05, 0.1) is 6.54 Å². The molecule has 0 aliphatic carbocycles. The fourth-order valence-corrected chi connectivity index (χ4v) is 2.63. The standard InChI is InChI=1S/C14H18N2O2S/c1-3-19-14-15-9-10-16(14)13(17)11(2)18-12-7-5-4-6-8-12/h4-8,11H,3,9-10H2,1-2H3/t11-/m1/s1. The van der Waals surface area contributed by atoms with Gasteiger partial charge >= 0.3 is 0 Å². The number of hydrogen-bond donors (Lipinski definition) is 0. The van der Waals surface area contributed by atoms with E-state index in [0.29, 0.717) is 18.8 Å². The summed E-state index contributed by atoms with van der Waals surface area (Å²) in [6.07, 6.45) is -0.497. The van der Waals surface area contributed by atoms with Crippen molar-refractivity contribution in [1.82, 2.24) is 4.90 Å². The van der Waals surface area contributed by atoms with Crippen LogP contribution in [-0.2, 0) is 4.79 Å². The van der Waals surface area contributed by atoms with Crippen LogP contribution in [0.3, 0.4) is 0 Å². The van der Waals surface area contributed by atoms with Crippen LogP contribution in [0.15, 0.2) is 35.3 Å². The molecule has 2 rings (SSSR count). The van der Waals surface area contributed by atoms with E-state index in [1.807, 2.05) is 30.3 Å². The smallest absolute Gasteiger partial charge is 0.269 e. The molecule has 0 spiro atoms. The van der Waals surface area contributed by atoms with E-state index in [-0.39, 0.29) is 5.91 Å². The second-order valence-corrected chi connectivity index (χ2v) is 5.39. The number of nitrogens with zero attached hydrogens (tertiary/aromatic N) is 2. The van der Waals surface area contributed by atoms with Gasteiger partial charge in [0.2, 0.25) is 0 Å². The summed E-state index contributed by atoms with van der Waals surface area (Å²) in [4.78, 5) is 18.4. The monoisotopic (exact) mass is 278 g/mol. The van der Waals surface area contributed by atoms with Crippen molar-refractivity contribution >= 4 is 22.8 Å². The molecular formula is C14H18N2O2S. The van der Waals surface area contributed by atoms with E-state index in [1.54, 1.807) is 23.6 Å². The van der Waals surface area contributed by atoms with Gasteiger partial charge in [-0.2, -0.15) is 0 Å². The molecule has 1 heterocycles. The van der Waals surface area contributed by atoms with E-state index in [1.165, 1.54) is 0 Å². The van der Waals surface area contributed by atoms with E-state index >= 15 is 0 Å². The zero-order valence-electron chi connectivity index (χ0n) is 11.2. The lowest BCUT2D eigenvalue weighted by Crippen LogP contribution is -2.41. The van der Waals surface area contributed by atoms with Gasteiger partial charge in [0.1, 0.15) is 5.75 Å². The normalized spacial score (nSPS) is 16.1. The van der Waals surface area contributed by atoms with Crippen molar-refractivity contribution in [2.24, 2.45) is 4.99 Å². The minimum absolute atomic E-state index is 0.0268. The van der Waals surface area contributed by atoms with Crippen LogP contribution in [0.2, 0.25) is 0 Å². The molecule has 0 bridgehead atoms. The lowest BCUT2D eigenvalue weighted by atomic mass is 10.3. The highest BCUT2D eigenvalue weighted by Crippen LogP contribution is 2.17. The van der Waals surface area contributed by atoms with Gasteiger partial charge in [-0.25, -0.2) is 0 Å². The molecular weight excluding hydrogens is 260 g/mol. The van der Waals surface area contributed by atoms with Crippen LogP contribution >= 0.6 is 11.8 Å². The predicted molar refractivity (Wildman–Crippen MR) is 78.7 cm³/mol. The maximum absolute atomic E-state index is 12.3. The molecule has 0 saturated carbocycles. The van der Waals surface area contributed by atoms with Crippen molar-refractivity contribution < 1.29 is 9.53 Å². The molecule has 5 heteroatoms. The number of amides is 1. The van der Waals surface area contributed by atoms with Gasteiger partial charge in [0.25, 0.3) is 5.91 Å². The first kappa shape index (κ1) is 13.9. The van der Waals surface area contributed by atoms with Crippen LogP contribution in [0.4, 0.5) is 0 Å². The topological polar surface area (TPSA) is 41.9 Å². The zero-order valence-corrected chi connectivity index (χ0v) is 12.0. The summed E-state index contributed by atoms with van der Waals surface area (Å²) in [7, 11) is 0. The van der Waals surface area contributed by atoms with Crippen LogP contribution in [0.5, 0.6) is 5.75 Å². The minimum Gasteiger partial charge on any atom is -0.481 e.